The van der Waals surface area contributed by atoms with Gasteiger partial charge in [-0.15, -0.1) is 0 Å². The number of hydrogen-bond acceptors (Lipinski definition) is 3. The fourth-order valence-corrected chi connectivity index (χ4v) is 2.09. The lowest BCUT2D eigenvalue weighted by Gasteiger charge is -2.25. The van der Waals surface area contributed by atoms with E-state index in [0.717, 1.165) is 25.9 Å². The third-order valence-electron chi connectivity index (χ3n) is 2.96. The Kier molecular flexibility index (Phi) is 3.20. The molecule has 15 heavy (non-hydrogen) atoms. The second-order valence-electron chi connectivity index (χ2n) is 4.21. The van der Waals surface area contributed by atoms with Gasteiger partial charge in [0, 0.05) is 19.0 Å². The van der Waals surface area contributed by atoms with Gasteiger partial charge >= 0.3 is 0 Å². The monoisotopic (exact) mass is 211 g/mol. The van der Waals surface area contributed by atoms with Gasteiger partial charge < -0.3 is 16.0 Å². The van der Waals surface area contributed by atoms with Gasteiger partial charge in [-0.1, -0.05) is 0 Å². The van der Waals surface area contributed by atoms with Crippen LogP contribution in [0.2, 0.25) is 0 Å². The van der Waals surface area contributed by atoms with Crippen LogP contribution in [0.3, 0.4) is 0 Å². The molecule has 5 heteroatoms. The van der Waals surface area contributed by atoms with Crippen molar-refractivity contribution < 1.29 is 9.59 Å². The maximum atomic E-state index is 11.7. The van der Waals surface area contributed by atoms with Gasteiger partial charge in [-0.25, -0.2) is 0 Å². The summed E-state index contributed by atoms with van der Waals surface area (Å²) in [4.78, 5) is 22.7. The summed E-state index contributed by atoms with van der Waals surface area (Å²) in [5.74, 6) is -0.0496. The van der Waals surface area contributed by atoms with Gasteiger partial charge in [0.25, 0.3) is 0 Å². The van der Waals surface area contributed by atoms with Crippen LogP contribution in [0.4, 0.5) is 0 Å². The van der Waals surface area contributed by atoms with Crippen molar-refractivity contribution in [3.05, 3.63) is 0 Å². The van der Waals surface area contributed by atoms with E-state index >= 15 is 0 Å². The number of carbonyl (C=O) groups is 2. The summed E-state index contributed by atoms with van der Waals surface area (Å²) in [6.07, 6.45) is 3.23. The third-order valence-corrected chi connectivity index (χ3v) is 2.96. The van der Waals surface area contributed by atoms with Crippen molar-refractivity contribution >= 4 is 11.8 Å². The Morgan fingerprint density at radius 1 is 1.40 bits per heavy atom. The highest BCUT2D eigenvalue weighted by Crippen LogP contribution is 2.08. The number of amides is 2. The molecule has 3 N–H and O–H groups in total. The van der Waals surface area contributed by atoms with Crippen LogP contribution in [-0.4, -0.2) is 37.0 Å². The number of piperidine rings is 1. The van der Waals surface area contributed by atoms with Crippen molar-refractivity contribution in [3.8, 4) is 0 Å². The molecule has 2 aliphatic heterocycles. The molecule has 2 rings (SSSR count). The van der Waals surface area contributed by atoms with Crippen molar-refractivity contribution in [1.82, 2.24) is 16.0 Å². The van der Waals surface area contributed by atoms with E-state index in [0.29, 0.717) is 12.8 Å². The van der Waals surface area contributed by atoms with Crippen LogP contribution in [-0.2, 0) is 9.59 Å². The van der Waals surface area contributed by atoms with Crippen LogP contribution < -0.4 is 16.0 Å². The van der Waals surface area contributed by atoms with Gasteiger partial charge in [-0.3, -0.25) is 9.59 Å². The summed E-state index contributed by atoms with van der Waals surface area (Å²) in [5.41, 5.74) is 0. The van der Waals surface area contributed by atoms with E-state index in [9.17, 15) is 9.59 Å². The minimum atomic E-state index is -0.306. The lowest BCUT2D eigenvalue weighted by molar-refractivity contribution is -0.126. The topological polar surface area (TPSA) is 70.2 Å². The molecule has 2 aliphatic rings. The normalized spacial score (nSPS) is 31.1. The molecule has 2 fully saturated rings. The molecule has 0 aromatic rings. The van der Waals surface area contributed by atoms with E-state index in [1.807, 2.05) is 0 Å². The van der Waals surface area contributed by atoms with Gasteiger partial charge in [-0.2, -0.15) is 0 Å². The van der Waals surface area contributed by atoms with Crippen molar-refractivity contribution in [2.45, 2.75) is 37.8 Å². The predicted molar refractivity (Wildman–Crippen MR) is 55.2 cm³/mol. The molecule has 0 spiro atoms. The largest absolute Gasteiger partial charge is 0.350 e. The van der Waals surface area contributed by atoms with Gasteiger partial charge in [0.1, 0.15) is 6.04 Å². The smallest absolute Gasteiger partial charge is 0.242 e. The lowest BCUT2D eigenvalue weighted by atomic mass is 10.1. The second-order valence-corrected chi connectivity index (χ2v) is 4.21. The Morgan fingerprint density at radius 2 is 2.27 bits per heavy atom. The molecule has 0 aromatic heterocycles. The quantitative estimate of drug-likeness (QED) is 0.556. The molecule has 0 aromatic carbocycles. The van der Waals surface area contributed by atoms with Gasteiger partial charge in [0.2, 0.25) is 11.8 Å². The first-order valence-electron chi connectivity index (χ1n) is 5.56. The van der Waals surface area contributed by atoms with Crippen molar-refractivity contribution in [1.29, 1.82) is 0 Å². The van der Waals surface area contributed by atoms with Crippen LogP contribution in [0.25, 0.3) is 0 Å². The van der Waals surface area contributed by atoms with Crippen LogP contribution in [0.15, 0.2) is 0 Å². The first-order chi connectivity index (χ1) is 7.25. The Morgan fingerprint density at radius 3 is 2.87 bits per heavy atom. The number of carbonyl (C=O) groups excluding carboxylic acids is 2. The van der Waals surface area contributed by atoms with Crippen LogP contribution >= 0.6 is 0 Å². The number of hydrogen-bond donors (Lipinski definition) is 3. The van der Waals surface area contributed by atoms with Crippen LogP contribution in [0.1, 0.15) is 25.7 Å². The van der Waals surface area contributed by atoms with E-state index in [1.165, 1.54) is 0 Å². The average molecular weight is 211 g/mol. The molecule has 0 radical (unpaired) electrons. The molecule has 2 heterocycles. The van der Waals surface area contributed by atoms with E-state index in [1.54, 1.807) is 0 Å². The van der Waals surface area contributed by atoms with Gasteiger partial charge in [-0.05, 0) is 25.8 Å². The van der Waals surface area contributed by atoms with Gasteiger partial charge in [0.05, 0.1) is 0 Å². The standard InChI is InChI=1S/C10H17N3O2/c14-9-4-3-8(13-9)10(15)12-7-2-1-5-11-6-7/h7-8,11H,1-6H2,(H,12,15)(H,13,14)/t7-,8-/m0/s1. The summed E-state index contributed by atoms with van der Waals surface area (Å²) in [5, 5.41) is 8.87. The predicted octanol–water partition coefficient (Wildman–Crippen LogP) is -0.867. The fraction of sp³-hybridized carbons (Fsp3) is 0.800. The van der Waals surface area contributed by atoms with E-state index < -0.39 is 0 Å². The summed E-state index contributed by atoms with van der Waals surface area (Å²) >= 11 is 0. The Labute approximate surface area is 89.0 Å². The number of rotatable bonds is 2. The third kappa shape index (κ3) is 2.68. The molecule has 2 amide bonds. The average Bonchev–Trinajstić information content (AvgIpc) is 2.66. The summed E-state index contributed by atoms with van der Waals surface area (Å²) in [6, 6.07) is -0.0804. The summed E-state index contributed by atoms with van der Waals surface area (Å²) < 4.78 is 0. The highest BCUT2D eigenvalue weighted by molar-refractivity contribution is 5.90. The maximum Gasteiger partial charge on any atom is 0.242 e. The van der Waals surface area contributed by atoms with Crippen molar-refractivity contribution in [2.75, 3.05) is 13.1 Å². The molecule has 0 bridgehead atoms. The minimum Gasteiger partial charge on any atom is -0.350 e. The highest BCUT2D eigenvalue weighted by atomic mass is 16.2. The zero-order valence-corrected chi connectivity index (χ0v) is 8.71. The second kappa shape index (κ2) is 4.61. The van der Waals surface area contributed by atoms with Crippen molar-refractivity contribution in [3.63, 3.8) is 0 Å². The number of nitrogens with one attached hydrogen (secondary N) is 3. The van der Waals surface area contributed by atoms with Gasteiger partial charge in [0.15, 0.2) is 0 Å². The van der Waals surface area contributed by atoms with E-state index in [2.05, 4.69) is 16.0 Å². The fourth-order valence-electron chi connectivity index (χ4n) is 2.09. The lowest BCUT2D eigenvalue weighted by Crippen LogP contribution is -2.50. The molecule has 0 unspecified atom stereocenters. The van der Waals surface area contributed by atoms with Crippen LogP contribution in [0, 0.1) is 0 Å². The molecule has 5 nitrogen and oxygen atoms in total. The zero-order valence-electron chi connectivity index (χ0n) is 8.71. The summed E-state index contributed by atoms with van der Waals surface area (Å²) in [7, 11) is 0. The van der Waals surface area contributed by atoms with Crippen LogP contribution in [0.5, 0.6) is 0 Å². The molecular formula is C10H17N3O2. The van der Waals surface area contributed by atoms with E-state index in [-0.39, 0.29) is 23.9 Å². The maximum absolute atomic E-state index is 11.7. The Balaban J connectivity index is 1.78. The molecule has 84 valence electrons. The first kappa shape index (κ1) is 10.4. The first-order valence-corrected chi connectivity index (χ1v) is 5.56. The summed E-state index contributed by atoms with van der Waals surface area (Å²) in [6.45, 7) is 1.87. The van der Waals surface area contributed by atoms with E-state index in [4.69, 9.17) is 0 Å². The molecule has 2 saturated heterocycles. The highest BCUT2D eigenvalue weighted by Gasteiger charge is 2.28. The molecule has 0 saturated carbocycles. The molecule has 2 atom stereocenters. The van der Waals surface area contributed by atoms with Crippen molar-refractivity contribution in [2.24, 2.45) is 0 Å². The minimum absolute atomic E-state index is 0.0167. The molecular weight excluding hydrogens is 194 g/mol. The Hall–Kier alpha value is -1.10. The zero-order chi connectivity index (χ0) is 10.7. The Bertz CT molecular complexity index is 261. The SMILES string of the molecule is O=C1CC[C@@H](C(=O)N[C@H]2CCCNC2)N1. The molecule has 0 aliphatic carbocycles.